The molecule has 2 aromatic rings. The van der Waals surface area contributed by atoms with Gasteiger partial charge in [0.15, 0.2) is 6.61 Å². The molecule has 2 rings (SSSR count). The molecule has 0 fully saturated rings. The molecule has 4 nitrogen and oxygen atoms in total. The quantitative estimate of drug-likeness (QED) is 0.680. The lowest BCUT2D eigenvalue weighted by Gasteiger charge is -2.07. The summed E-state index contributed by atoms with van der Waals surface area (Å²) in [6, 6.07) is 15.3. The molecule has 0 saturated carbocycles. The van der Waals surface area contributed by atoms with Crippen LogP contribution in [0.15, 0.2) is 53.6 Å². The van der Waals surface area contributed by atoms with E-state index in [1.54, 1.807) is 12.1 Å². The molecule has 0 aliphatic carbocycles. The van der Waals surface area contributed by atoms with Crippen molar-refractivity contribution in [3.63, 3.8) is 0 Å². The molecule has 22 heavy (non-hydrogen) atoms. The van der Waals surface area contributed by atoms with Gasteiger partial charge in [-0.3, -0.25) is 4.79 Å². The fourth-order valence-electron chi connectivity index (χ4n) is 1.88. The highest BCUT2D eigenvalue weighted by atomic mass is 16.5. The second-order valence-corrected chi connectivity index (χ2v) is 5.13. The van der Waals surface area contributed by atoms with Crippen LogP contribution in [0, 0.1) is 13.8 Å². The van der Waals surface area contributed by atoms with Gasteiger partial charge in [0.1, 0.15) is 5.75 Å². The Hall–Kier alpha value is -2.62. The van der Waals surface area contributed by atoms with Gasteiger partial charge in [0.2, 0.25) is 0 Å². The summed E-state index contributed by atoms with van der Waals surface area (Å²) >= 11 is 0. The van der Waals surface area contributed by atoms with Crippen LogP contribution in [0.3, 0.4) is 0 Å². The van der Waals surface area contributed by atoms with E-state index in [1.165, 1.54) is 11.1 Å². The largest absolute Gasteiger partial charge is 0.484 e. The lowest BCUT2D eigenvalue weighted by atomic mass is 10.0. The second-order valence-electron chi connectivity index (χ2n) is 5.13. The molecule has 0 unspecified atom stereocenters. The average molecular weight is 296 g/mol. The van der Waals surface area contributed by atoms with Crippen molar-refractivity contribution in [2.45, 2.75) is 20.8 Å². The number of carbonyl (C=O) groups is 1. The second kappa shape index (κ2) is 7.41. The molecule has 0 saturated heterocycles. The minimum Gasteiger partial charge on any atom is -0.484 e. The summed E-state index contributed by atoms with van der Waals surface area (Å²) in [6.45, 7) is 5.92. The number of para-hydroxylation sites is 1. The van der Waals surface area contributed by atoms with Gasteiger partial charge in [0.05, 0.1) is 5.71 Å². The van der Waals surface area contributed by atoms with Gasteiger partial charge in [-0.15, -0.1) is 0 Å². The SMILES string of the molecule is C/C(=N/NC(=O)COc1ccccc1)c1ccc(C)c(C)c1. The number of hydrazone groups is 1. The molecule has 0 spiro atoms. The number of nitrogens with one attached hydrogen (secondary N) is 1. The number of hydrogen-bond acceptors (Lipinski definition) is 3. The summed E-state index contributed by atoms with van der Waals surface area (Å²) in [5.74, 6) is 0.375. The first-order valence-electron chi connectivity index (χ1n) is 7.15. The molecule has 0 bridgehead atoms. The standard InChI is InChI=1S/C18H20N2O2/c1-13-9-10-16(11-14(13)2)15(3)19-20-18(21)12-22-17-7-5-4-6-8-17/h4-11H,12H2,1-3H3,(H,20,21)/b19-15-. The molecule has 0 aromatic heterocycles. The topological polar surface area (TPSA) is 50.7 Å². The molecule has 114 valence electrons. The Bertz CT molecular complexity index is 679. The van der Waals surface area contributed by atoms with Crippen LogP contribution in [0.1, 0.15) is 23.6 Å². The summed E-state index contributed by atoms with van der Waals surface area (Å²) in [4.78, 5) is 11.7. The molecular weight excluding hydrogens is 276 g/mol. The number of carbonyl (C=O) groups excluding carboxylic acids is 1. The molecule has 2 aromatic carbocycles. The van der Waals surface area contributed by atoms with Crippen molar-refractivity contribution in [1.29, 1.82) is 0 Å². The zero-order valence-electron chi connectivity index (χ0n) is 13.1. The maximum atomic E-state index is 11.7. The van der Waals surface area contributed by atoms with E-state index in [0.29, 0.717) is 5.75 Å². The monoisotopic (exact) mass is 296 g/mol. The zero-order valence-corrected chi connectivity index (χ0v) is 13.1. The fraction of sp³-hybridized carbons (Fsp3) is 0.222. The molecule has 0 radical (unpaired) electrons. The van der Waals surface area contributed by atoms with Gasteiger partial charge >= 0.3 is 0 Å². The fourth-order valence-corrected chi connectivity index (χ4v) is 1.88. The van der Waals surface area contributed by atoms with Crippen molar-refractivity contribution in [3.8, 4) is 5.75 Å². The van der Waals surface area contributed by atoms with Crippen LogP contribution in [0.4, 0.5) is 0 Å². The Kier molecular flexibility index (Phi) is 5.31. The first-order chi connectivity index (χ1) is 10.6. The van der Waals surface area contributed by atoms with Crippen LogP contribution in [-0.4, -0.2) is 18.2 Å². The van der Waals surface area contributed by atoms with Crippen molar-refractivity contribution in [3.05, 3.63) is 65.2 Å². The smallest absolute Gasteiger partial charge is 0.277 e. The van der Waals surface area contributed by atoms with Gasteiger partial charge in [0, 0.05) is 0 Å². The van der Waals surface area contributed by atoms with Crippen molar-refractivity contribution in [1.82, 2.24) is 5.43 Å². The Morgan fingerprint density at radius 1 is 1.09 bits per heavy atom. The van der Waals surface area contributed by atoms with Crippen LogP contribution in [-0.2, 0) is 4.79 Å². The molecule has 1 amide bonds. The highest BCUT2D eigenvalue weighted by molar-refractivity contribution is 5.99. The summed E-state index contributed by atoms with van der Waals surface area (Å²) in [5, 5.41) is 4.11. The zero-order chi connectivity index (χ0) is 15.9. The summed E-state index contributed by atoms with van der Waals surface area (Å²) in [6.07, 6.45) is 0. The predicted molar refractivity (Wildman–Crippen MR) is 88.2 cm³/mol. The van der Waals surface area contributed by atoms with E-state index in [9.17, 15) is 4.79 Å². The number of ether oxygens (including phenoxy) is 1. The normalized spacial score (nSPS) is 11.1. The number of nitrogens with zero attached hydrogens (tertiary/aromatic N) is 1. The summed E-state index contributed by atoms with van der Waals surface area (Å²) < 4.78 is 5.36. The highest BCUT2D eigenvalue weighted by Crippen LogP contribution is 2.10. The summed E-state index contributed by atoms with van der Waals surface area (Å²) in [7, 11) is 0. The Morgan fingerprint density at radius 3 is 2.50 bits per heavy atom. The number of benzene rings is 2. The molecule has 0 atom stereocenters. The third-order valence-corrected chi connectivity index (χ3v) is 3.39. The van der Waals surface area contributed by atoms with Crippen LogP contribution in [0.5, 0.6) is 5.75 Å². The van der Waals surface area contributed by atoms with Crippen LogP contribution in [0.2, 0.25) is 0 Å². The summed E-state index contributed by atoms with van der Waals surface area (Å²) in [5.41, 5.74) is 6.70. The van der Waals surface area contributed by atoms with Gasteiger partial charge in [-0.25, -0.2) is 5.43 Å². The van der Waals surface area contributed by atoms with Gasteiger partial charge in [-0.05, 0) is 55.7 Å². The van der Waals surface area contributed by atoms with Crippen LogP contribution in [0.25, 0.3) is 0 Å². The van der Waals surface area contributed by atoms with Crippen LogP contribution >= 0.6 is 0 Å². The van der Waals surface area contributed by atoms with E-state index in [1.807, 2.05) is 37.3 Å². The third-order valence-electron chi connectivity index (χ3n) is 3.39. The van der Waals surface area contributed by atoms with Gasteiger partial charge in [-0.1, -0.05) is 30.3 Å². The van der Waals surface area contributed by atoms with E-state index < -0.39 is 0 Å². The average Bonchev–Trinajstić information content (AvgIpc) is 2.54. The Balaban J connectivity index is 1.90. The van der Waals surface area contributed by atoms with E-state index in [2.05, 4.69) is 30.4 Å². The predicted octanol–water partition coefficient (Wildman–Crippen LogP) is 3.22. The first kappa shape index (κ1) is 15.8. The van der Waals surface area contributed by atoms with Gasteiger partial charge < -0.3 is 4.74 Å². The molecule has 0 heterocycles. The number of aryl methyl sites for hydroxylation is 2. The highest BCUT2D eigenvalue weighted by Gasteiger charge is 2.03. The minimum atomic E-state index is -0.285. The van der Waals surface area contributed by atoms with Crippen molar-refractivity contribution < 1.29 is 9.53 Å². The lowest BCUT2D eigenvalue weighted by Crippen LogP contribution is -2.25. The molecule has 1 N–H and O–H groups in total. The van der Waals surface area contributed by atoms with Gasteiger partial charge in [0.25, 0.3) is 5.91 Å². The molecule has 0 aliphatic rings. The van der Waals surface area contributed by atoms with E-state index >= 15 is 0 Å². The van der Waals surface area contributed by atoms with E-state index in [-0.39, 0.29) is 12.5 Å². The third kappa shape index (κ3) is 4.45. The maximum Gasteiger partial charge on any atom is 0.277 e. The van der Waals surface area contributed by atoms with E-state index in [4.69, 9.17) is 4.74 Å². The Labute approximate surface area is 130 Å². The van der Waals surface area contributed by atoms with Crippen molar-refractivity contribution >= 4 is 11.6 Å². The van der Waals surface area contributed by atoms with E-state index in [0.717, 1.165) is 11.3 Å². The van der Waals surface area contributed by atoms with Crippen molar-refractivity contribution in [2.24, 2.45) is 5.10 Å². The number of hydrogen-bond donors (Lipinski definition) is 1. The molecule has 4 heteroatoms. The number of amides is 1. The molecule has 0 aliphatic heterocycles. The Morgan fingerprint density at radius 2 is 1.82 bits per heavy atom. The van der Waals surface area contributed by atoms with Crippen molar-refractivity contribution in [2.75, 3.05) is 6.61 Å². The maximum absolute atomic E-state index is 11.7. The lowest BCUT2D eigenvalue weighted by molar-refractivity contribution is -0.123. The molecular formula is C18H20N2O2. The first-order valence-corrected chi connectivity index (χ1v) is 7.15. The number of rotatable bonds is 5. The van der Waals surface area contributed by atoms with Crippen LogP contribution < -0.4 is 10.2 Å². The van der Waals surface area contributed by atoms with Gasteiger partial charge in [-0.2, -0.15) is 5.10 Å². The minimum absolute atomic E-state index is 0.0618.